The largest absolute Gasteiger partial charge is 0.368 e. The number of carbonyl (C=O) groups is 1. The molecule has 2 aromatic rings. The average molecular weight is 354 g/mol. The fourth-order valence-corrected chi connectivity index (χ4v) is 2.96. The molecule has 0 unspecified atom stereocenters. The van der Waals surface area contributed by atoms with Gasteiger partial charge in [-0.1, -0.05) is 6.92 Å². The highest BCUT2D eigenvalue weighted by atomic mass is 16.1. The highest BCUT2D eigenvalue weighted by Gasteiger charge is 2.15. The summed E-state index contributed by atoms with van der Waals surface area (Å²) in [5.74, 6) is 1.50. The third-order valence-electron chi connectivity index (χ3n) is 4.41. The minimum atomic E-state index is -0.120. The maximum Gasteiger partial charge on any atom is 0.252 e. The number of aromatic nitrogens is 3. The number of hydrogen-bond donors (Lipinski definition) is 2. The monoisotopic (exact) mass is 354 g/mol. The molecule has 2 aromatic heterocycles. The van der Waals surface area contributed by atoms with Crippen LogP contribution < -0.4 is 15.5 Å². The first-order chi connectivity index (χ1) is 12.8. The molecule has 0 aliphatic carbocycles. The van der Waals surface area contributed by atoms with Crippen LogP contribution in [0.4, 0.5) is 11.8 Å². The lowest BCUT2D eigenvalue weighted by atomic mass is 10.1. The Balaban J connectivity index is 1.54. The van der Waals surface area contributed by atoms with Crippen molar-refractivity contribution in [3.63, 3.8) is 0 Å². The fraction of sp³-hybridized carbons (Fsp3) is 0.474. The van der Waals surface area contributed by atoms with Gasteiger partial charge in [-0.05, 0) is 37.8 Å². The van der Waals surface area contributed by atoms with E-state index in [2.05, 4.69) is 37.4 Å². The minimum absolute atomic E-state index is 0.120. The molecule has 1 aliphatic rings. The summed E-state index contributed by atoms with van der Waals surface area (Å²) in [5.41, 5.74) is 1.60. The van der Waals surface area contributed by atoms with Crippen LogP contribution in [0, 0.1) is 0 Å². The van der Waals surface area contributed by atoms with Gasteiger partial charge in [-0.2, -0.15) is 4.98 Å². The molecular weight excluding hydrogens is 328 g/mol. The van der Waals surface area contributed by atoms with Crippen molar-refractivity contribution in [3.8, 4) is 0 Å². The molecule has 0 saturated carbocycles. The molecule has 138 valence electrons. The first kappa shape index (κ1) is 18.1. The molecule has 0 spiro atoms. The molecular formula is C19H26N6O. The van der Waals surface area contributed by atoms with E-state index in [1.54, 1.807) is 24.5 Å². The van der Waals surface area contributed by atoms with Crippen LogP contribution in [0.1, 0.15) is 42.2 Å². The van der Waals surface area contributed by atoms with Crippen LogP contribution >= 0.6 is 0 Å². The lowest BCUT2D eigenvalue weighted by Gasteiger charge is -2.27. The van der Waals surface area contributed by atoms with Gasteiger partial charge in [-0.15, -0.1) is 0 Å². The Morgan fingerprint density at radius 2 is 2.04 bits per heavy atom. The molecule has 7 heteroatoms. The third kappa shape index (κ3) is 4.91. The Hall–Kier alpha value is -2.70. The van der Waals surface area contributed by atoms with E-state index in [0.717, 1.165) is 37.0 Å². The number of anilines is 2. The molecule has 3 heterocycles. The second kappa shape index (κ2) is 9.12. The zero-order valence-electron chi connectivity index (χ0n) is 15.2. The number of rotatable bonds is 7. The van der Waals surface area contributed by atoms with E-state index in [0.29, 0.717) is 18.7 Å². The Morgan fingerprint density at radius 1 is 1.19 bits per heavy atom. The van der Waals surface area contributed by atoms with Gasteiger partial charge >= 0.3 is 0 Å². The molecule has 3 rings (SSSR count). The zero-order chi connectivity index (χ0) is 18.2. The SMILES string of the molecule is CCc1cc(NCCNC(=O)c2cccnc2)nc(N2CCCCC2)n1. The average Bonchev–Trinajstić information content (AvgIpc) is 2.72. The van der Waals surface area contributed by atoms with E-state index in [1.807, 2.05) is 6.07 Å². The van der Waals surface area contributed by atoms with Gasteiger partial charge in [0.1, 0.15) is 5.82 Å². The number of pyridine rings is 1. The lowest BCUT2D eigenvalue weighted by molar-refractivity contribution is 0.0955. The molecule has 1 fully saturated rings. The van der Waals surface area contributed by atoms with Crippen molar-refractivity contribution in [1.82, 2.24) is 20.3 Å². The molecule has 0 atom stereocenters. The number of nitrogens with one attached hydrogen (secondary N) is 2. The van der Waals surface area contributed by atoms with Crippen LogP contribution in [0.5, 0.6) is 0 Å². The Bertz CT molecular complexity index is 715. The van der Waals surface area contributed by atoms with Crippen molar-refractivity contribution >= 4 is 17.7 Å². The van der Waals surface area contributed by atoms with E-state index in [1.165, 1.54) is 19.3 Å². The van der Waals surface area contributed by atoms with Crippen molar-refractivity contribution in [2.75, 3.05) is 36.4 Å². The highest BCUT2D eigenvalue weighted by molar-refractivity contribution is 5.93. The maximum atomic E-state index is 12.0. The Labute approximate surface area is 154 Å². The van der Waals surface area contributed by atoms with Gasteiger partial charge in [0.15, 0.2) is 0 Å². The summed E-state index contributed by atoms with van der Waals surface area (Å²) in [6.07, 6.45) is 7.76. The maximum absolute atomic E-state index is 12.0. The van der Waals surface area contributed by atoms with Gasteiger partial charge in [0.05, 0.1) is 5.56 Å². The molecule has 0 radical (unpaired) electrons. The molecule has 1 amide bonds. The summed E-state index contributed by atoms with van der Waals surface area (Å²) < 4.78 is 0. The Kier molecular flexibility index (Phi) is 6.35. The summed E-state index contributed by atoms with van der Waals surface area (Å²) in [6, 6.07) is 5.48. The van der Waals surface area contributed by atoms with E-state index in [4.69, 9.17) is 0 Å². The minimum Gasteiger partial charge on any atom is -0.368 e. The van der Waals surface area contributed by atoms with Crippen molar-refractivity contribution in [2.24, 2.45) is 0 Å². The Morgan fingerprint density at radius 3 is 2.77 bits per heavy atom. The molecule has 1 aliphatic heterocycles. The first-order valence-electron chi connectivity index (χ1n) is 9.31. The summed E-state index contributed by atoms with van der Waals surface area (Å²) in [4.78, 5) is 27.6. The van der Waals surface area contributed by atoms with Crippen molar-refractivity contribution in [1.29, 1.82) is 0 Å². The molecule has 0 aromatic carbocycles. The molecule has 0 bridgehead atoms. The van der Waals surface area contributed by atoms with Crippen LogP contribution in [-0.4, -0.2) is 47.0 Å². The molecule has 1 saturated heterocycles. The van der Waals surface area contributed by atoms with Gasteiger partial charge in [0.2, 0.25) is 5.95 Å². The van der Waals surface area contributed by atoms with E-state index < -0.39 is 0 Å². The number of aryl methyl sites for hydroxylation is 1. The standard InChI is InChI=1S/C19H26N6O/c1-2-16-13-17(24-19(23-16)25-11-4-3-5-12-25)21-9-10-22-18(26)15-7-6-8-20-14-15/h6-8,13-14H,2-5,9-12H2,1H3,(H,22,26)(H,21,23,24). The lowest BCUT2D eigenvalue weighted by Crippen LogP contribution is -2.32. The van der Waals surface area contributed by atoms with Crippen molar-refractivity contribution in [3.05, 3.63) is 41.9 Å². The second-order valence-corrected chi connectivity index (χ2v) is 6.37. The predicted octanol–water partition coefficient (Wildman–Crippen LogP) is 2.27. The van der Waals surface area contributed by atoms with Gasteiger partial charge < -0.3 is 15.5 Å². The summed E-state index contributed by atoms with van der Waals surface area (Å²) in [6.45, 7) is 5.26. The topological polar surface area (TPSA) is 83.0 Å². The van der Waals surface area contributed by atoms with Crippen LogP contribution in [0.3, 0.4) is 0 Å². The van der Waals surface area contributed by atoms with E-state index in [-0.39, 0.29) is 5.91 Å². The van der Waals surface area contributed by atoms with Crippen LogP contribution in [0.15, 0.2) is 30.6 Å². The van der Waals surface area contributed by atoms with E-state index in [9.17, 15) is 4.79 Å². The van der Waals surface area contributed by atoms with Gasteiger partial charge in [-0.25, -0.2) is 4.98 Å². The third-order valence-corrected chi connectivity index (χ3v) is 4.41. The van der Waals surface area contributed by atoms with Gasteiger partial charge in [0.25, 0.3) is 5.91 Å². The zero-order valence-corrected chi connectivity index (χ0v) is 15.2. The number of hydrogen-bond acceptors (Lipinski definition) is 6. The van der Waals surface area contributed by atoms with Gasteiger partial charge in [-0.3, -0.25) is 9.78 Å². The predicted molar refractivity (Wildman–Crippen MR) is 103 cm³/mol. The summed E-state index contributed by atoms with van der Waals surface area (Å²) in [7, 11) is 0. The van der Waals surface area contributed by atoms with Crippen LogP contribution in [0.2, 0.25) is 0 Å². The fourth-order valence-electron chi connectivity index (χ4n) is 2.96. The second-order valence-electron chi connectivity index (χ2n) is 6.37. The summed E-state index contributed by atoms with van der Waals surface area (Å²) >= 11 is 0. The van der Waals surface area contributed by atoms with E-state index >= 15 is 0 Å². The number of carbonyl (C=O) groups excluding carboxylic acids is 1. The molecule has 2 N–H and O–H groups in total. The summed E-state index contributed by atoms with van der Waals surface area (Å²) in [5, 5.41) is 6.18. The quantitative estimate of drug-likeness (QED) is 0.742. The number of nitrogens with zero attached hydrogens (tertiary/aromatic N) is 4. The normalized spacial score (nSPS) is 14.1. The molecule has 7 nitrogen and oxygen atoms in total. The molecule has 26 heavy (non-hydrogen) atoms. The first-order valence-corrected chi connectivity index (χ1v) is 9.31. The van der Waals surface area contributed by atoms with Crippen LogP contribution in [-0.2, 0) is 6.42 Å². The van der Waals surface area contributed by atoms with Gasteiger partial charge in [0, 0.05) is 50.3 Å². The van der Waals surface area contributed by atoms with Crippen molar-refractivity contribution in [2.45, 2.75) is 32.6 Å². The van der Waals surface area contributed by atoms with Crippen LogP contribution in [0.25, 0.3) is 0 Å². The number of amides is 1. The number of piperidine rings is 1. The van der Waals surface area contributed by atoms with Crippen molar-refractivity contribution < 1.29 is 4.79 Å². The smallest absolute Gasteiger partial charge is 0.252 e. The highest BCUT2D eigenvalue weighted by Crippen LogP contribution is 2.18.